The molecular weight excluding hydrogens is 537 g/mol. The lowest BCUT2D eigenvalue weighted by Gasteiger charge is -2.17. The van der Waals surface area contributed by atoms with Crippen molar-refractivity contribution in [3.63, 3.8) is 0 Å². The summed E-state index contributed by atoms with van der Waals surface area (Å²) in [6.45, 7) is -2.30. The first-order chi connectivity index (χ1) is 17.1. The highest BCUT2D eigenvalue weighted by molar-refractivity contribution is 7.13. The van der Waals surface area contributed by atoms with E-state index >= 15 is 0 Å². The van der Waals surface area contributed by atoms with Crippen molar-refractivity contribution < 1.29 is 40.3 Å². The number of nitrogens with two attached hydrogens (primary N) is 2. The number of nitrogens with zero attached hydrogens (tertiary/aromatic N) is 4. The fraction of sp³-hybridized carbons (Fsp3) is 0.421. The fourth-order valence-corrected chi connectivity index (χ4v) is 3.39. The van der Waals surface area contributed by atoms with Gasteiger partial charge in [-0.3, -0.25) is 14.6 Å². The second kappa shape index (κ2) is 12.6. The highest BCUT2D eigenvalue weighted by Crippen LogP contribution is 2.29. The van der Waals surface area contributed by atoms with Crippen LogP contribution in [-0.4, -0.2) is 57.4 Å². The van der Waals surface area contributed by atoms with Crippen LogP contribution in [0.4, 0.5) is 30.7 Å². The maximum absolute atomic E-state index is 14.3. The molecule has 1 unspecified atom stereocenters. The number of carbonyl (C=O) groups is 2. The first-order valence-corrected chi connectivity index (χ1v) is 11.1. The van der Waals surface area contributed by atoms with Gasteiger partial charge in [0.2, 0.25) is 5.01 Å². The molecule has 204 valence electrons. The minimum absolute atomic E-state index is 0.00287. The van der Waals surface area contributed by atoms with Crippen LogP contribution in [0.15, 0.2) is 30.2 Å². The Balaban J connectivity index is 1.79. The second-order valence-electron chi connectivity index (χ2n) is 7.43. The van der Waals surface area contributed by atoms with E-state index in [0.717, 1.165) is 29.5 Å². The number of hydrogen-bond donors (Lipinski definition) is 4. The number of carbonyl (C=O) groups excluding carboxylic acids is 2. The van der Waals surface area contributed by atoms with Crippen molar-refractivity contribution in [2.75, 3.05) is 13.1 Å². The SMILES string of the molecule is N/C(=C\N(N)CC(F)CCc1nnc(C(=O)NCC(F)(F)F)s1)C(=O)NCc1cc(C(F)(F)F)ccn1. The number of nitrogens with one attached hydrogen (secondary N) is 2. The number of alkyl halides is 7. The molecule has 6 N–H and O–H groups in total. The van der Waals surface area contributed by atoms with Crippen molar-refractivity contribution in [1.82, 2.24) is 30.8 Å². The topological polar surface area (TPSA) is 152 Å². The molecule has 0 aromatic carbocycles. The van der Waals surface area contributed by atoms with Crippen molar-refractivity contribution in [2.45, 2.75) is 37.9 Å². The Bertz CT molecular complexity index is 1110. The van der Waals surface area contributed by atoms with Gasteiger partial charge in [-0.1, -0.05) is 11.3 Å². The lowest BCUT2D eigenvalue weighted by molar-refractivity contribution is -0.137. The Hall–Kier alpha value is -3.54. The van der Waals surface area contributed by atoms with E-state index in [9.17, 15) is 40.3 Å². The quantitative estimate of drug-likeness (QED) is 0.141. The molecule has 0 bridgehead atoms. The van der Waals surface area contributed by atoms with Gasteiger partial charge < -0.3 is 21.4 Å². The van der Waals surface area contributed by atoms with Crippen molar-refractivity contribution >= 4 is 23.2 Å². The summed E-state index contributed by atoms with van der Waals surface area (Å²) < 4.78 is 89.0. The lowest BCUT2D eigenvalue weighted by Crippen LogP contribution is -2.36. The molecule has 0 saturated carbocycles. The van der Waals surface area contributed by atoms with E-state index in [1.165, 1.54) is 0 Å². The van der Waals surface area contributed by atoms with Crippen molar-refractivity contribution in [1.29, 1.82) is 0 Å². The molecule has 0 aliphatic carbocycles. The van der Waals surface area contributed by atoms with Gasteiger partial charge in [-0.05, 0) is 18.6 Å². The first-order valence-electron chi connectivity index (χ1n) is 10.2. The molecule has 2 rings (SSSR count). The third-order valence-corrected chi connectivity index (χ3v) is 5.31. The smallest absolute Gasteiger partial charge is 0.393 e. The molecule has 2 aromatic heterocycles. The molecular formula is C19H21F7N8O2S. The number of hydrazine groups is 1. The Morgan fingerprint density at radius 1 is 1.16 bits per heavy atom. The number of halogens is 7. The minimum atomic E-state index is -4.59. The van der Waals surface area contributed by atoms with Crippen LogP contribution in [0.2, 0.25) is 0 Å². The third-order valence-electron chi connectivity index (χ3n) is 4.33. The average molecular weight is 558 g/mol. The van der Waals surface area contributed by atoms with Crippen LogP contribution in [0, 0.1) is 0 Å². The summed E-state index contributed by atoms with van der Waals surface area (Å²) in [5, 5.41) is 11.7. The maximum atomic E-state index is 14.3. The standard InChI is InChI=1S/C19H21F7N8O2S/c20-11(1-2-14-32-33-17(37-14)16(36)31-9-18(21,22)23)7-34(28)8-13(27)15(35)30-6-12-5-10(3-4-29-12)19(24,25)26/h3-5,8,11H,1-2,6-7,9,27-28H2,(H,30,35)(H,31,36)/b13-8-. The summed E-state index contributed by atoms with van der Waals surface area (Å²) >= 11 is 0.707. The summed E-state index contributed by atoms with van der Waals surface area (Å²) in [5.41, 5.74) is 4.13. The molecule has 37 heavy (non-hydrogen) atoms. The predicted octanol–water partition coefficient (Wildman–Crippen LogP) is 1.81. The van der Waals surface area contributed by atoms with Crippen molar-refractivity contribution in [3.8, 4) is 0 Å². The largest absolute Gasteiger partial charge is 0.416 e. The number of amides is 2. The zero-order valence-electron chi connectivity index (χ0n) is 18.7. The van der Waals surface area contributed by atoms with Crippen LogP contribution in [0.3, 0.4) is 0 Å². The van der Waals surface area contributed by atoms with Gasteiger partial charge in [-0.25, -0.2) is 10.2 Å². The zero-order chi connectivity index (χ0) is 27.8. The highest BCUT2D eigenvalue weighted by Gasteiger charge is 2.31. The molecule has 0 aliphatic rings. The monoisotopic (exact) mass is 558 g/mol. The van der Waals surface area contributed by atoms with Gasteiger partial charge in [0.15, 0.2) is 0 Å². The fourth-order valence-electron chi connectivity index (χ4n) is 2.62. The third kappa shape index (κ3) is 10.5. The number of aromatic nitrogens is 3. The second-order valence-corrected chi connectivity index (χ2v) is 8.49. The summed E-state index contributed by atoms with van der Waals surface area (Å²) in [6, 6.07) is 1.54. The van der Waals surface area contributed by atoms with Crippen molar-refractivity contribution in [3.05, 3.63) is 51.5 Å². The Labute approximate surface area is 208 Å². The van der Waals surface area contributed by atoms with Gasteiger partial charge in [-0.15, -0.1) is 10.2 Å². The summed E-state index contributed by atoms with van der Waals surface area (Å²) in [6.07, 6.45) is -8.99. The van der Waals surface area contributed by atoms with Gasteiger partial charge >= 0.3 is 12.4 Å². The van der Waals surface area contributed by atoms with E-state index < -0.39 is 54.7 Å². The molecule has 10 nitrogen and oxygen atoms in total. The summed E-state index contributed by atoms with van der Waals surface area (Å²) in [4.78, 5) is 27.4. The van der Waals surface area contributed by atoms with Crippen molar-refractivity contribution in [2.24, 2.45) is 11.6 Å². The van der Waals surface area contributed by atoms with Crippen LogP contribution in [0.5, 0.6) is 0 Å². The van der Waals surface area contributed by atoms with E-state index in [1.54, 1.807) is 5.32 Å². The summed E-state index contributed by atoms with van der Waals surface area (Å²) in [7, 11) is 0. The maximum Gasteiger partial charge on any atom is 0.416 e. The molecule has 1 atom stereocenters. The normalized spacial score (nSPS) is 13.2. The molecule has 0 saturated heterocycles. The van der Waals surface area contributed by atoms with Gasteiger partial charge in [0, 0.05) is 18.8 Å². The van der Waals surface area contributed by atoms with Gasteiger partial charge in [0.25, 0.3) is 11.8 Å². The van der Waals surface area contributed by atoms with E-state index in [2.05, 4.69) is 20.5 Å². The van der Waals surface area contributed by atoms with E-state index in [-0.39, 0.29) is 35.1 Å². The molecule has 2 aromatic rings. The van der Waals surface area contributed by atoms with Crippen LogP contribution >= 0.6 is 11.3 Å². The van der Waals surface area contributed by atoms with E-state index in [4.69, 9.17) is 11.6 Å². The highest BCUT2D eigenvalue weighted by atomic mass is 32.1. The van der Waals surface area contributed by atoms with Crippen LogP contribution in [-0.2, 0) is 23.9 Å². The zero-order valence-corrected chi connectivity index (χ0v) is 19.6. The van der Waals surface area contributed by atoms with Gasteiger partial charge in [0.1, 0.15) is 23.4 Å². The Morgan fingerprint density at radius 2 is 1.86 bits per heavy atom. The predicted molar refractivity (Wildman–Crippen MR) is 116 cm³/mol. The Morgan fingerprint density at radius 3 is 2.51 bits per heavy atom. The molecule has 0 radical (unpaired) electrons. The molecule has 0 spiro atoms. The van der Waals surface area contributed by atoms with E-state index in [1.807, 2.05) is 0 Å². The van der Waals surface area contributed by atoms with Crippen LogP contribution < -0.4 is 22.2 Å². The summed E-state index contributed by atoms with van der Waals surface area (Å²) in [5.74, 6) is 3.68. The number of pyridine rings is 1. The molecule has 0 fully saturated rings. The van der Waals surface area contributed by atoms with Crippen LogP contribution in [0.1, 0.15) is 32.5 Å². The van der Waals surface area contributed by atoms with Crippen LogP contribution in [0.25, 0.3) is 0 Å². The van der Waals surface area contributed by atoms with Gasteiger partial charge in [0.05, 0.1) is 24.3 Å². The first kappa shape index (κ1) is 29.7. The van der Waals surface area contributed by atoms with E-state index in [0.29, 0.717) is 11.3 Å². The average Bonchev–Trinajstić information content (AvgIpc) is 3.28. The number of hydrogen-bond acceptors (Lipinski definition) is 9. The molecule has 2 amide bonds. The minimum Gasteiger partial charge on any atom is -0.393 e. The molecule has 0 aliphatic heterocycles. The lowest BCUT2D eigenvalue weighted by atomic mass is 10.2. The molecule has 18 heteroatoms. The number of aryl methyl sites for hydroxylation is 1. The number of rotatable bonds is 11. The Kier molecular flexibility index (Phi) is 10.1. The van der Waals surface area contributed by atoms with Gasteiger partial charge in [-0.2, -0.15) is 26.3 Å². The molecule has 2 heterocycles.